The van der Waals surface area contributed by atoms with Crippen molar-refractivity contribution < 1.29 is 39.5 Å². The Balaban J connectivity index is 2.61. The molecule has 336 valence electrons. The molecule has 0 unspecified atom stereocenters. The van der Waals surface area contributed by atoms with Crippen molar-refractivity contribution in [2.75, 3.05) is 13.2 Å². The quantitative estimate of drug-likeness (QED) is 0.0383. The molecule has 1 saturated heterocycles. The molecule has 1 aliphatic heterocycles. The summed E-state index contributed by atoms with van der Waals surface area (Å²) in [6.45, 7) is 4.35. The van der Waals surface area contributed by atoms with Crippen LogP contribution < -0.4 is 5.32 Å². The van der Waals surface area contributed by atoms with Crippen molar-refractivity contribution >= 4 is 17.8 Å². The molecule has 0 radical (unpaired) electrons. The van der Waals surface area contributed by atoms with Gasteiger partial charge in [0.05, 0.1) is 6.61 Å². The van der Waals surface area contributed by atoms with E-state index in [4.69, 9.17) is 9.84 Å². The molecule has 5 N–H and O–H groups in total. The number of carbonyl (C=O) groups is 3. The number of carboxylic acids is 1. The minimum absolute atomic E-state index is 0.0754. The maximum Gasteiger partial charge on any atom is 0.303 e. The van der Waals surface area contributed by atoms with Gasteiger partial charge >= 0.3 is 5.97 Å². The van der Waals surface area contributed by atoms with E-state index in [1.807, 2.05) is 0 Å². The highest BCUT2D eigenvalue weighted by Gasteiger charge is 2.48. The highest BCUT2D eigenvalue weighted by Crippen LogP contribution is 2.26. The first kappa shape index (κ1) is 53.3. The Hall–Kier alpha value is -1.75. The van der Waals surface area contributed by atoms with Gasteiger partial charge in [0.25, 0.3) is 0 Å². The van der Waals surface area contributed by atoms with Crippen LogP contribution in [-0.4, -0.2) is 86.8 Å². The number of hydrogen-bond donors (Lipinski definition) is 5. The summed E-state index contributed by atoms with van der Waals surface area (Å²) in [5.41, 5.74) is 0. The number of ether oxygens (including phenoxy) is 1. The molecule has 0 bridgehead atoms. The second-order valence-corrected chi connectivity index (χ2v) is 17.2. The van der Waals surface area contributed by atoms with Crippen LogP contribution >= 0.6 is 0 Å². The Morgan fingerprint density at radius 3 is 1.28 bits per heavy atom. The first-order chi connectivity index (χ1) is 27.8. The molecule has 10 heteroatoms. The molecule has 0 aromatic rings. The molecule has 10 nitrogen and oxygen atoms in total. The molecule has 0 aromatic carbocycles. The highest BCUT2D eigenvalue weighted by atomic mass is 16.5. The summed E-state index contributed by atoms with van der Waals surface area (Å²) in [5, 5.41) is 43.6. The summed E-state index contributed by atoms with van der Waals surface area (Å²) in [7, 11) is 0. The summed E-state index contributed by atoms with van der Waals surface area (Å²) in [5.74, 6) is -1.61. The molecule has 0 aliphatic carbocycles. The van der Waals surface area contributed by atoms with E-state index < -0.39 is 49.1 Å². The SMILES string of the molecule is CCCCCCCCCCCCCCCCCCN(C(=O)CCCCCCCCCCCCCCCCC)[C@@H]1O[C@H](CO)[C@H](O)[C@H](O)[C@H]1NC(=O)CCCC(=O)O. The number of unbranched alkanes of at least 4 members (excludes halogenated alkanes) is 29. The standard InChI is InChI=1S/C47H90N2O8/c1-3-5-7-9-11-13-15-17-19-21-23-25-27-29-31-33-38-49(42(52)36-32-30-28-26-24-22-20-18-16-14-12-10-8-6-4-2)47-44(46(56)45(55)40(39-50)57-47)48-41(51)35-34-37-43(53)54/h40,44-47,50,55-56H,3-39H2,1-2H3,(H,48,51)(H,53,54)/t40-,44-,45+,46-,47-/m1/s1. The first-order valence-electron chi connectivity index (χ1n) is 24.2. The van der Waals surface area contributed by atoms with Crippen molar-refractivity contribution in [1.29, 1.82) is 0 Å². The fourth-order valence-corrected chi connectivity index (χ4v) is 8.19. The summed E-state index contributed by atoms with van der Waals surface area (Å²) < 4.78 is 6.10. The topological polar surface area (TPSA) is 157 Å². The van der Waals surface area contributed by atoms with E-state index >= 15 is 0 Å². The number of hydrogen-bond acceptors (Lipinski definition) is 7. The first-order valence-corrected chi connectivity index (χ1v) is 24.2. The summed E-state index contributed by atoms with van der Waals surface area (Å²) in [6.07, 6.45) is 33.5. The van der Waals surface area contributed by atoms with Crippen molar-refractivity contribution in [3.8, 4) is 0 Å². The predicted molar refractivity (Wildman–Crippen MR) is 232 cm³/mol. The number of carboxylic acid groups (broad SMARTS) is 1. The van der Waals surface area contributed by atoms with E-state index in [0.29, 0.717) is 13.0 Å². The van der Waals surface area contributed by atoms with Crippen LogP contribution in [0.3, 0.4) is 0 Å². The number of nitrogens with one attached hydrogen (secondary N) is 1. The van der Waals surface area contributed by atoms with E-state index in [-0.39, 0.29) is 25.2 Å². The molecule has 57 heavy (non-hydrogen) atoms. The third-order valence-corrected chi connectivity index (χ3v) is 11.9. The van der Waals surface area contributed by atoms with Crippen molar-refractivity contribution in [1.82, 2.24) is 10.2 Å². The average molecular weight is 811 g/mol. The van der Waals surface area contributed by atoms with E-state index in [0.717, 1.165) is 51.4 Å². The number of aliphatic hydroxyl groups is 3. The van der Waals surface area contributed by atoms with Gasteiger partial charge < -0.3 is 35.4 Å². The van der Waals surface area contributed by atoms with Crippen LogP contribution in [0.1, 0.15) is 239 Å². The van der Waals surface area contributed by atoms with E-state index in [1.54, 1.807) is 4.90 Å². The van der Waals surface area contributed by atoms with Crippen molar-refractivity contribution in [2.24, 2.45) is 0 Å². The molecular formula is C47H90N2O8. The number of nitrogens with zero attached hydrogens (tertiary/aromatic N) is 1. The van der Waals surface area contributed by atoms with Crippen LogP contribution in [0.5, 0.6) is 0 Å². The van der Waals surface area contributed by atoms with E-state index in [1.165, 1.54) is 148 Å². The fourth-order valence-electron chi connectivity index (χ4n) is 8.19. The van der Waals surface area contributed by atoms with Crippen molar-refractivity contribution in [2.45, 2.75) is 269 Å². The van der Waals surface area contributed by atoms with Crippen LogP contribution in [0.2, 0.25) is 0 Å². The molecule has 5 atom stereocenters. The zero-order chi connectivity index (χ0) is 41.8. The Bertz CT molecular complexity index is 968. The second kappa shape index (κ2) is 37.3. The largest absolute Gasteiger partial charge is 0.481 e. The molecule has 1 fully saturated rings. The van der Waals surface area contributed by atoms with Gasteiger partial charge in [0.1, 0.15) is 24.4 Å². The van der Waals surface area contributed by atoms with Crippen LogP contribution in [-0.2, 0) is 19.1 Å². The number of carbonyl (C=O) groups excluding carboxylic acids is 2. The van der Waals surface area contributed by atoms with Gasteiger partial charge in [-0.1, -0.05) is 200 Å². The predicted octanol–water partition coefficient (Wildman–Crippen LogP) is 10.5. The molecule has 0 spiro atoms. The molecule has 2 amide bonds. The van der Waals surface area contributed by atoms with Gasteiger partial charge in [-0.15, -0.1) is 0 Å². The molecule has 0 aromatic heterocycles. The minimum Gasteiger partial charge on any atom is -0.481 e. The van der Waals surface area contributed by atoms with Crippen LogP contribution in [0, 0.1) is 0 Å². The number of rotatable bonds is 40. The Morgan fingerprint density at radius 2 is 0.895 bits per heavy atom. The van der Waals surface area contributed by atoms with Gasteiger partial charge in [-0.3, -0.25) is 14.4 Å². The van der Waals surface area contributed by atoms with Crippen LogP contribution in [0.25, 0.3) is 0 Å². The summed E-state index contributed by atoms with van der Waals surface area (Å²) in [6, 6.07) is -1.12. The Labute approximate surface area is 349 Å². The van der Waals surface area contributed by atoms with Gasteiger partial charge in [0, 0.05) is 25.8 Å². The molecule has 1 heterocycles. The lowest BCUT2D eigenvalue weighted by molar-refractivity contribution is -0.231. The van der Waals surface area contributed by atoms with Crippen LogP contribution in [0.15, 0.2) is 0 Å². The Morgan fingerprint density at radius 1 is 0.509 bits per heavy atom. The lowest BCUT2D eigenvalue weighted by Crippen LogP contribution is -2.68. The zero-order valence-electron chi connectivity index (χ0n) is 36.9. The maximum atomic E-state index is 13.9. The van der Waals surface area contributed by atoms with Crippen molar-refractivity contribution in [3.63, 3.8) is 0 Å². The molecule has 1 aliphatic rings. The third kappa shape index (κ3) is 27.6. The number of aliphatic carboxylic acids is 1. The monoisotopic (exact) mass is 811 g/mol. The minimum atomic E-state index is -1.48. The van der Waals surface area contributed by atoms with Gasteiger partial charge in [-0.25, -0.2) is 0 Å². The van der Waals surface area contributed by atoms with Gasteiger partial charge in [-0.05, 0) is 19.3 Å². The third-order valence-electron chi connectivity index (χ3n) is 11.9. The Kier molecular flexibility index (Phi) is 34.8. The summed E-state index contributed by atoms with van der Waals surface area (Å²) in [4.78, 5) is 39.4. The number of amides is 2. The molecular weight excluding hydrogens is 721 g/mol. The van der Waals surface area contributed by atoms with E-state index in [2.05, 4.69) is 19.2 Å². The maximum absolute atomic E-state index is 13.9. The molecule has 1 rings (SSSR count). The second-order valence-electron chi connectivity index (χ2n) is 17.2. The van der Waals surface area contributed by atoms with E-state index in [9.17, 15) is 29.7 Å². The molecule has 0 saturated carbocycles. The van der Waals surface area contributed by atoms with Gasteiger partial charge in [0.2, 0.25) is 11.8 Å². The smallest absolute Gasteiger partial charge is 0.303 e. The number of aliphatic hydroxyl groups excluding tert-OH is 3. The lowest BCUT2D eigenvalue weighted by Gasteiger charge is -2.47. The fraction of sp³-hybridized carbons (Fsp3) is 0.936. The summed E-state index contributed by atoms with van der Waals surface area (Å²) >= 11 is 0. The lowest BCUT2D eigenvalue weighted by atomic mass is 9.94. The van der Waals surface area contributed by atoms with Crippen LogP contribution in [0.4, 0.5) is 0 Å². The zero-order valence-corrected chi connectivity index (χ0v) is 36.9. The van der Waals surface area contributed by atoms with Gasteiger partial charge in [0.15, 0.2) is 6.23 Å². The average Bonchev–Trinajstić information content (AvgIpc) is 3.19. The van der Waals surface area contributed by atoms with Crippen molar-refractivity contribution in [3.05, 3.63) is 0 Å². The highest BCUT2D eigenvalue weighted by molar-refractivity contribution is 5.78. The van der Waals surface area contributed by atoms with Gasteiger partial charge in [-0.2, -0.15) is 0 Å². The normalized spacial score (nSPS) is 19.5.